The lowest BCUT2D eigenvalue weighted by Crippen LogP contribution is -2.45. The number of rotatable bonds is 3. The predicted molar refractivity (Wildman–Crippen MR) is 101 cm³/mol. The van der Waals surface area contributed by atoms with Gasteiger partial charge in [0.15, 0.2) is 0 Å². The molecule has 0 atom stereocenters. The van der Waals surface area contributed by atoms with Gasteiger partial charge in [-0.3, -0.25) is 9.59 Å². The second-order valence-corrected chi connectivity index (χ2v) is 8.06. The zero-order valence-electron chi connectivity index (χ0n) is 16.1. The summed E-state index contributed by atoms with van der Waals surface area (Å²) in [6, 6.07) is 7.82. The van der Waals surface area contributed by atoms with E-state index in [-0.39, 0.29) is 24.4 Å². The molecule has 2 aromatic heterocycles. The summed E-state index contributed by atoms with van der Waals surface area (Å²) in [6.07, 6.45) is 4.92. The largest absolute Gasteiger partial charge is 0.460 e. The second kappa shape index (κ2) is 7.43. The maximum Gasteiger partial charge on any atom is 0.309 e. The molecule has 6 heteroatoms. The number of hydrogen-bond acceptors (Lipinski definition) is 4. The number of carbonyl (C=O) groups is 2. The maximum atomic E-state index is 12.4. The van der Waals surface area contributed by atoms with Crippen molar-refractivity contribution < 1.29 is 14.3 Å². The summed E-state index contributed by atoms with van der Waals surface area (Å²) < 4.78 is 7.36. The number of likely N-dealkylation sites (tertiary alicyclic amines) is 1. The Balaban J connectivity index is 1.58. The first kappa shape index (κ1) is 19.0. The molecule has 6 nitrogen and oxygen atoms in total. The van der Waals surface area contributed by atoms with Gasteiger partial charge in [0.05, 0.1) is 17.0 Å². The lowest BCUT2D eigenvalue weighted by molar-refractivity contribution is -0.154. The van der Waals surface area contributed by atoms with Crippen molar-refractivity contribution >= 4 is 17.4 Å². The summed E-state index contributed by atoms with van der Waals surface area (Å²) in [4.78, 5) is 26.6. The number of hydrogen-bond donors (Lipinski definition) is 0. The van der Waals surface area contributed by atoms with Gasteiger partial charge in [0, 0.05) is 36.5 Å². The summed E-state index contributed by atoms with van der Waals surface area (Å²) in [5, 5.41) is 9.42. The molecule has 1 fully saturated rings. The quantitative estimate of drug-likeness (QED) is 0.781. The first-order chi connectivity index (χ1) is 12.8. The number of piperidine rings is 1. The van der Waals surface area contributed by atoms with Crippen molar-refractivity contribution in [1.82, 2.24) is 9.30 Å². The topological polar surface area (TPSA) is 74.8 Å². The smallest absolute Gasteiger partial charge is 0.309 e. The lowest BCUT2D eigenvalue weighted by atomic mass is 9.91. The van der Waals surface area contributed by atoms with Gasteiger partial charge in [-0.25, -0.2) is 0 Å². The van der Waals surface area contributed by atoms with Crippen LogP contribution in [0.1, 0.15) is 44.7 Å². The van der Waals surface area contributed by atoms with Gasteiger partial charge in [0.25, 0.3) is 0 Å². The van der Waals surface area contributed by atoms with Crippen LogP contribution in [0.15, 0.2) is 30.6 Å². The maximum absolute atomic E-state index is 12.4. The summed E-state index contributed by atoms with van der Waals surface area (Å²) >= 11 is 0. The van der Waals surface area contributed by atoms with Crippen LogP contribution in [-0.2, 0) is 20.9 Å². The second-order valence-electron chi connectivity index (χ2n) is 8.06. The van der Waals surface area contributed by atoms with Crippen molar-refractivity contribution in [1.29, 1.82) is 5.26 Å². The Bertz CT molecular complexity index is 894. The van der Waals surface area contributed by atoms with E-state index in [9.17, 15) is 14.9 Å². The number of ether oxygens (including phenoxy) is 1. The fourth-order valence-electron chi connectivity index (χ4n) is 3.48. The van der Waals surface area contributed by atoms with E-state index in [0.29, 0.717) is 37.1 Å². The number of pyridine rings is 1. The molecule has 1 amide bonds. The highest BCUT2D eigenvalue weighted by atomic mass is 16.5. The number of amides is 1. The minimum atomic E-state index is -0.404. The van der Waals surface area contributed by atoms with E-state index in [4.69, 9.17) is 4.74 Å². The Morgan fingerprint density at radius 3 is 2.59 bits per heavy atom. The summed E-state index contributed by atoms with van der Waals surface area (Å²) in [7, 11) is 0. The summed E-state index contributed by atoms with van der Waals surface area (Å²) in [5.41, 5.74) is 1.64. The molecule has 0 bridgehead atoms. The molecule has 0 N–H and O–H groups in total. The average Bonchev–Trinajstić information content (AvgIpc) is 3.02. The minimum absolute atomic E-state index is 0.0878. The van der Waals surface area contributed by atoms with Crippen LogP contribution < -0.4 is 0 Å². The molecule has 1 aliphatic rings. The number of nitrogens with zero attached hydrogens (tertiary/aromatic N) is 3. The molecule has 0 unspecified atom stereocenters. The first-order valence-corrected chi connectivity index (χ1v) is 9.26. The Morgan fingerprint density at radius 1 is 1.26 bits per heavy atom. The fraction of sp³-hybridized carbons (Fsp3) is 0.476. The number of fused-ring (bicyclic) bond motifs is 1. The molecule has 3 heterocycles. The van der Waals surface area contributed by atoms with E-state index in [2.05, 4.69) is 6.07 Å². The third-order valence-electron chi connectivity index (χ3n) is 5.00. The van der Waals surface area contributed by atoms with Crippen molar-refractivity contribution in [3.8, 4) is 6.07 Å². The van der Waals surface area contributed by atoms with Crippen molar-refractivity contribution in [2.24, 2.45) is 11.3 Å². The Morgan fingerprint density at radius 2 is 1.96 bits per heavy atom. The molecular formula is C21H25N3O3. The highest BCUT2D eigenvalue weighted by Gasteiger charge is 2.33. The molecular weight excluding hydrogens is 342 g/mol. The number of nitriles is 1. The van der Waals surface area contributed by atoms with Crippen LogP contribution >= 0.6 is 0 Å². The SMILES string of the molecule is CC(C)(C)C(=O)N1CCC(C(=O)OCc2cn3ccccc3c2C#N)CC1. The van der Waals surface area contributed by atoms with Crippen molar-refractivity contribution in [3.63, 3.8) is 0 Å². The van der Waals surface area contributed by atoms with Gasteiger partial charge in [-0.15, -0.1) is 0 Å². The monoisotopic (exact) mass is 367 g/mol. The van der Waals surface area contributed by atoms with Gasteiger partial charge < -0.3 is 14.0 Å². The highest BCUT2D eigenvalue weighted by Crippen LogP contribution is 2.25. The van der Waals surface area contributed by atoms with Crippen LogP contribution in [0.25, 0.3) is 5.52 Å². The Labute approximate surface area is 159 Å². The fourth-order valence-corrected chi connectivity index (χ4v) is 3.48. The third-order valence-corrected chi connectivity index (χ3v) is 5.00. The molecule has 3 rings (SSSR count). The van der Waals surface area contributed by atoms with Gasteiger partial charge in [-0.2, -0.15) is 5.26 Å². The van der Waals surface area contributed by atoms with Gasteiger partial charge in [-0.05, 0) is 25.0 Å². The zero-order valence-corrected chi connectivity index (χ0v) is 16.1. The van der Waals surface area contributed by atoms with E-state index >= 15 is 0 Å². The lowest BCUT2D eigenvalue weighted by Gasteiger charge is -2.34. The molecule has 0 radical (unpaired) electrons. The number of aromatic nitrogens is 1. The molecule has 0 aromatic carbocycles. The van der Waals surface area contributed by atoms with Gasteiger partial charge in [-0.1, -0.05) is 26.8 Å². The molecule has 142 valence electrons. The molecule has 1 aliphatic heterocycles. The predicted octanol–water partition coefficient (Wildman–Crippen LogP) is 3.14. The molecule has 0 saturated carbocycles. The zero-order chi connectivity index (χ0) is 19.6. The van der Waals surface area contributed by atoms with Crippen LogP contribution in [-0.4, -0.2) is 34.3 Å². The minimum Gasteiger partial charge on any atom is -0.460 e. The molecule has 27 heavy (non-hydrogen) atoms. The normalized spacial score (nSPS) is 15.6. The number of carbonyl (C=O) groups excluding carboxylic acids is 2. The van der Waals surface area contributed by atoms with E-state index in [1.807, 2.05) is 60.7 Å². The van der Waals surface area contributed by atoms with Crippen LogP contribution in [0.5, 0.6) is 0 Å². The average molecular weight is 367 g/mol. The van der Waals surface area contributed by atoms with Gasteiger partial charge in [0.2, 0.25) is 5.91 Å². The van der Waals surface area contributed by atoms with E-state index in [1.165, 1.54) is 0 Å². The van der Waals surface area contributed by atoms with Gasteiger partial charge >= 0.3 is 5.97 Å². The van der Waals surface area contributed by atoms with E-state index in [1.54, 1.807) is 0 Å². The first-order valence-electron chi connectivity index (χ1n) is 9.26. The number of esters is 1. The van der Waals surface area contributed by atoms with Crippen LogP contribution in [0, 0.1) is 22.7 Å². The Hall–Kier alpha value is -2.81. The van der Waals surface area contributed by atoms with Gasteiger partial charge in [0.1, 0.15) is 12.7 Å². The molecule has 0 spiro atoms. The standard InChI is InChI=1S/C21H25N3O3/c1-21(2,3)20(26)23-10-7-15(8-11-23)19(25)27-14-16-13-24-9-5-4-6-18(24)17(16)12-22/h4-6,9,13,15H,7-8,10-11,14H2,1-3H3. The van der Waals surface area contributed by atoms with E-state index < -0.39 is 5.41 Å². The van der Waals surface area contributed by atoms with Crippen LogP contribution in [0.3, 0.4) is 0 Å². The molecule has 1 saturated heterocycles. The van der Waals surface area contributed by atoms with E-state index in [0.717, 1.165) is 5.52 Å². The van der Waals surface area contributed by atoms with Crippen molar-refractivity contribution in [3.05, 3.63) is 41.7 Å². The van der Waals surface area contributed by atoms with Crippen molar-refractivity contribution in [2.75, 3.05) is 13.1 Å². The van der Waals surface area contributed by atoms with Crippen molar-refractivity contribution in [2.45, 2.75) is 40.2 Å². The van der Waals surface area contributed by atoms with Crippen LogP contribution in [0.4, 0.5) is 0 Å². The highest BCUT2D eigenvalue weighted by molar-refractivity contribution is 5.82. The van der Waals surface area contributed by atoms with Crippen LogP contribution in [0.2, 0.25) is 0 Å². The summed E-state index contributed by atoms with van der Waals surface area (Å²) in [6.45, 7) is 6.97. The summed E-state index contributed by atoms with van der Waals surface area (Å²) in [5.74, 6) is -0.331. The molecule has 0 aliphatic carbocycles. The molecule has 2 aromatic rings. The third kappa shape index (κ3) is 3.97. The Kier molecular flexibility index (Phi) is 5.22.